The van der Waals surface area contributed by atoms with Gasteiger partial charge in [0.2, 0.25) is 0 Å². The lowest BCUT2D eigenvalue weighted by molar-refractivity contribution is 0.0954. The number of nitrogens with zero attached hydrogens (tertiary/aromatic N) is 1. The molecule has 0 aliphatic heterocycles. The van der Waals surface area contributed by atoms with Gasteiger partial charge in [0.1, 0.15) is 0 Å². The Morgan fingerprint density at radius 3 is 2.53 bits per heavy atom. The SMILES string of the molecule is O=C(N/N=C\c1ccc(Cl)cc1)c1ccccc1I. The predicted molar refractivity (Wildman–Crippen MR) is 85.7 cm³/mol. The molecule has 0 radical (unpaired) electrons. The van der Waals surface area contributed by atoms with Crippen molar-refractivity contribution in [3.63, 3.8) is 0 Å². The molecule has 2 aromatic carbocycles. The van der Waals surface area contributed by atoms with Crippen LogP contribution in [-0.4, -0.2) is 12.1 Å². The molecule has 0 aliphatic rings. The summed E-state index contributed by atoms with van der Waals surface area (Å²) in [6.45, 7) is 0. The molecule has 0 saturated heterocycles. The Morgan fingerprint density at radius 2 is 1.84 bits per heavy atom. The number of carbonyl (C=O) groups excluding carboxylic acids is 1. The van der Waals surface area contributed by atoms with Crippen molar-refractivity contribution in [1.29, 1.82) is 0 Å². The van der Waals surface area contributed by atoms with Gasteiger partial charge in [0.25, 0.3) is 5.91 Å². The molecule has 96 valence electrons. The van der Waals surface area contributed by atoms with Gasteiger partial charge in [-0.2, -0.15) is 5.10 Å². The summed E-state index contributed by atoms with van der Waals surface area (Å²) >= 11 is 7.89. The standard InChI is InChI=1S/C14H10ClIN2O/c15-11-7-5-10(6-8-11)9-17-18-14(19)12-3-1-2-4-13(12)16/h1-9H,(H,18,19)/b17-9-. The van der Waals surface area contributed by atoms with Crippen molar-refractivity contribution >= 4 is 46.3 Å². The maximum absolute atomic E-state index is 11.9. The van der Waals surface area contributed by atoms with Gasteiger partial charge >= 0.3 is 0 Å². The van der Waals surface area contributed by atoms with Crippen LogP contribution in [0.2, 0.25) is 5.02 Å². The topological polar surface area (TPSA) is 41.5 Å². The van der Waals surface area contributed by atoms with Crippen LogP contribution in [0.5, 0.6) is 0 Å². The summed E-state index contributed by atoms with van der Waals surface area (Å²) in [6.07, 6.45) is 1.57. The van der Waals surface area contributed by atoms with E-state index < -0.39 is 0 Å². The molecule has 0 heterocycles. The first kappa shape index (κ1) is 14.0. The van der Waals surface area contributed by atoms with E-state index in [0.717, 1.165) is 9.13 Å². The third kappa shape index (κ3) is 4.04. The van der Waals surface area contributed by atoms with Crippen molar-refractivity contribution < 1.29 is 4.79 Å². The fourth-order valence-corrected chi connectivity index (χ4v) is 2.18. The molecule has 0 aromatic heterocycles. The first-order chi connectivity index (χ1) is 9.16. The van der Waals surface area contributed by atoms with Crippen LogP contribution in [0.15, 0.2) is 53.6 Å². The lowest BCUT2D eigenvalue weighted by Crippen LogP contribution is -2.18. The number of rotatable bonds is 3. The second-order valence-electron chi connectivity index (χ2n) is 3.73. The zero-order valence-electron chi connectivity index (χ0n) is 9.81. The summed E-state index contributed by atoms with van der Waals surface area (Å²) in [4.78, 5) is 11.9. The number of hydrogen-bond donors (Lipinski definition) is 1. The van der Waals surface area contributed by atoms with Crippen LogP contribution in [0.25, 0.3) is 0 Å². The van der Waals surface area contributed by atoms with Gasteiger partial charge in [-0.25, -0.2) is 5.43 Å². The van der Waals surface area contributed by atoms with Gasteiger partial charge in [-0.1, -0.05) is 35.9 Å². The zero-order valence-corrected chi connectivity index (χ0v) is 12.7. The molecule has 1 amide bonds. The summed E-state index contributed by atoms with van der Waals surface area (Å²) in [5.41, 5.74) is 3.97. The third-order valence-electron chi connectivity index (χ3n) is 2.37. The van der Waals surface area contributed by atoms with Crippen LogP contribution in [0, 0.1) is 3.57 Å². The van der Waals surface area contributed by atoms with E-state index in [1.807, 2.05) is 30.3 Å². The highest BCUT2D eigenvalue weighted by Crippen LogP contribution is 2.11. The van der Waals surface area contributed by atoms with Crippen molar-refractivity contribution in [2.24, 2.45) is 5.10 Å². The van der Waals surface area contributed by atoms with E-state index in [2.05, 4.69) is 33.1 Å². The first-order valence-corrected chi connectivity index (χ1v) is 6.96. The highest BCUT2D eigenvalue weighted by atomic mass is 127. The van der Waals surface area contributed by atoms with Crippen molar-refractivity contribution in [3.8, 4) is 0 Å². The monoisotopic (exact) mass is 384 g/mol. The molecule has 0 fully saturated rings. The van der Waals surface area contributed by atoms with Gasteiger partial charge in [-0.3, -0.25) is 4.79 Å². The number of hydrogen-bond acceptors (Lipinski definition) is 2. The van der Waals surface area contributed by atoms with E-state index in [1.54, 1.807) is 24.4 Å². The second-order valence-corrected chi connectivity index (χ2v) is 5.33. The number of benzene rings is 2. The molecule has 3 nitrogen and oxygen atoms in total. The van der Waals surface area contributed by atoms with Gasteiger partial charge in [-0.05, 0) is 52.4 Å². The molecule has 19 heavy (non-hydrogen) atoms. The lowest BCUT2D eigenvalue weighted by atomic mass is 10.2. The fourth-order valence-electron chi connectivity index (χ4n) is 1.42. The Labute approximate surface area is 129 Å². The minimum Gasteiger partial charge on any atom is -0.267 e. The van der Waals surface area contributed by atoms with E-state index in [4.69, 9.17) is 11.6 Å². The average Bonchev–Trinajstić information content (AvgIpc) is 2.41. The molecular formula is C14H10ClIN2O. The Morgan fingerprint density at radius 1 is 1.16 bits per heavy atom. The van der Waals surface area contributed by atoms with Crippen molar-refractivity contribution in [3.05, 3.63) is 68.3 Å². The Kier molecular flexibility index (Phi) is 4.93. The number of carbonyl (C=O) groups is 1. The lowest BCUT2D eigenvalue weighted by Gasteiger charge is -2.01. The number of halogens is 2. The van der Waals surface area contributed by atoms with Gasteiger partial charge < -0.3 is 0 Å². The summed E-state index contributed by atoms with van der Waals surface area (Å²) in [6, 6.07) is 14.5. The molecule has 0 bridgehead atoms. The summed E-state index contributed by atoms with van der Waals surface area (Å²) in [5.74, 6) is -0.227. The van der Waals surface area contributed by atoms with Crippen LogP contribution in [-0.2, 0) is 0 Å². The van der Waals surface area contributed by atoms with E-state index in [-0.39, 0.29) is 5.91 Å². The highest BCUT2D eigenvalue weighted by molar-refractivity contribution is 14.1. The minimum atomic E-state index is -0.227. The quantitative estimate of drug-likeness (QED) is 0.489. The number of nitrogens with one attached hydrogen (secondary N) is 1. The largest absolute Gasteiger partial charge is 0.272 e. The predicted octanol–water partition coefficient (Wildman–Crippen LogP) is 3.71. The molecule has 1 N–H and O–H groups in total. The van der Waals surface area contributed by atoms with Crippen LogP contribution in [0.4, 0.5) is 0 Å². The minimum absolute atomic E-state index is 0.227. The molecule has 2 rings (SSSR count). The van der Waals surface area contributed by atoms with Crippen molar-refractivity contribution in [2.45, 2.75) is 0 Å². The Bertz CT molecular complexity index is 611. The normalized spacial score (nSPS) is 10.6. The molecule has 0 spiro atoms. The van der Waals surface area contributed by atoms with E-state index in [9.17, 15) is 4.79 Å². The molecule has 5 heteroatoms. The van der Waals surface area contributed by atoms with Crippen molar-refractivity contribution in [1.82, 2.24) is 5.43 Å². The Balaban J connectivity index is 2.01. The molecule has 0 saturated carbocycles. The van der Waals surface area contributed by atoms with Crippen molar-refractivity contribution in [2.75, 3.05) is 0 Å². The summed E-state index contributed by atoms with van der Waals surface area (Å²) < 4.78 is 0.888. The van der Waals surface area contributed by atoms with Gasteiger partial charge in [0.05, 0.1) is 11.8 Å². The third-order valence-corrected chi connectivity index (χ3v) is 3.56. The molecule has 2 aromatic rings. The second kappa shape index (κ2) is 6.68. The molecule has 0 atom stereocenters. The van der Waals surface area contributed by atoms with Gasteiger partial charge in [-0.15, -0.1) is 0 Å². The molecule has 0 aliphatic carbocycles. The van der Waals surface area contributed by atoms with Crippen LogP contribution >= 0.6 is 34.2 Å². The Hall–Kier alpha value is -1.40. The number of hydrazone groups is 1. The van der Waals surface area contributed by atoms with E-state index >= 15 is 0 Å². The number of amides is 1. The smallest absolute Gasteiger partial charge is 0.267 e. The fraction of sp³-hybridized carbons (Fsp3) is 0. The highest BCUT2D eigenvalue weighted by Gasteiger charge is 2.07. The van der Waals surface area contributed by atoms with Crippen LogP contribution < -0.4 is 5.43 Å². The zero-order chi connectivity index (χ0) is 13.7. The summed E-state index contributed by atoms with van der Waals surface area (Å²) in [5, 5.41) is 4.58. The maximum atomic E-state index is 11.9. The summed E-state index contributed by atoms with van der Waals surface area (Å²) in [7, 11) is 0. The van der Waals surface area contributed by atoms with Gasteiger partial charge in [0.15, 0.2) is 0 Å². The first-order valence-electron chi connectivity index (χ1n) is 5.50. The molecular weight excluding hydrogens is 375 g/mol. The van der Waals surface area contributed by atoms with Crippen LogP contribution in [0.1, 0.15) is 15.9 Å². The van der Waals surface area contributed by atoms with E-state index in [1.165, 1.54) is 0 Å². The average molecular weight is 385 g/mol. The van der Waals surface area contributed by atoms with E-state index in [0.29, 0.717) is 10.6 Å². The van der Waals surface area contributed by atoms with Gasteiger partial charge in [0, 0.05) is 8.59 Å². The van der Waals surface area contributed by atoms with Crippen LogP contribution in [0.3, 0.4) is 0 Å². The molecule has 0 unspecified atom stereocenters. The maximum Gasteiger partial charge on any atom is 0.272 e.